The van der Waals surface area contributed by atoms with Gasteiger partial charge in [-0.2, -0.15) is 0 Å². The van der Waals surface area contributed by atoms with Gasteiger partial charge in [0, 0.05) is 6.42 Å². The number of aliphatic hydroxyl groups excluding tert-OH is 1. The lowest BCUT2D eigenvalue weighted by Crippen LogP contribution is -2.00. The van der Waals surface area contributed by atoms with Crippen LogP contribution >= 0.6 is 0 Å². The molecule has 22 heavy (non-hydrogen) atoms. The smallest absolute Gasteiger partial charge is 0.305 e. The van der Waals surface area contributed by atoms with Crippen molar-refractivity contribution < 1.29 is 14.6 Å². The Hall–Kier alpha value is -1.09. The van der Waals surface area contributed by atoms with Crippen LogP contribution in [0.15, 0.2) is 24.3 Å². The first-order chi connectivity index (χ1) is 10.7. The van der Waals surface area contributed by atoms with Gasteiger partial charge in [-0.25, -0.2) is 0 Å². The summed E-state index contributed by atoms with van der Waals surface area (Å²) in [4.78, 5) is 10.9. The largest absolute Gasteiger partial charge is 0.469 e. The van der Waals surface area contributed by atoms with Gasteiger partial charge in [-0.3, -0.25) is 4.79 Å². The zero-order chi connectivity index (χ0) is 16.5. The Bertz CT molecular complexity index is 308. The molecule has 0 bridgehead atoms. The zero-order valence-corrected chi connectivity index (χ0v) is 14.4. The molecule has 0 aliphatic heterocycles. The van der Waals surface area contributed by atoms with Gasteiger partial charge in [0.2, 0.25) is 0 Å². The standard InChI is InChI=1S/C19H34O3/c1-3-4-12-15-18(20)16-13-10-8-6-5-7-9-11-14-17-19(21)22-2/h8,10,13,16,18,20H,3-7,9,11-12,14-15,17H2,1-2H3/b10-8+,16-13-. The Morgan fingerprint density at radius 1 is 1.05 bits per heavy atom. The Balaban J connectivity index is 3.38. The molecule has 0 saturated heterocycles. The molecule has 3 nitrogen and oxygen atoms in total. The zero-order valence-electron chi connectivity index (χ0n) is 14.4. The number of hydrogen-bond donors (Lipinski definition) is 1. The van der Waals surface area contributed by atoms with Gasteiger partial charge < -0.3 is 9.84 Å². The van der Waals surface area contributed by atoms with Crippen molar-refractivity contribution >= 4 is 5.97 Å². The van der Waals surface area contributed by atoms with Crippen LogP contribution in [0.1, 0.15) is 77.6 Å². The number of rotatable bonds is 14. The Kier molecular flexibility index (Phi) is 15.5. The Labute approximate surface area is 136 Å². The van der Waals surface area contributed by atoms with E-state index in [1.165, 1.54) is 39.2 Å². The van der Waals surface area contributed by atoms with E-state index in [0.29, 0.717) is 6.42 Å². The van der Waals surface area contributed by atoms with Gasteiger partial charge in [0.15, 0.2) is 0 Å². The van der Waals surface area contributed by atoms with Crippen LogP contribution in [0.2, 0.25) is 0 Å². The Morgan fingerprint density at radius 2 is 1.77 bits per heavy atom. The van der Waals surface area contributed by atoms with E-state index < -0.39 is 0 Å². The lowest BCUT2D eigenvalue weighted by atomic mass is 10.1. The van der Waals surface area contributed by atoms with Gasteiger partial charge in [0.1, 0.15) is 0 Å². The molecule has 0 rings (SSSR count). The minimum absolute atomic E-state index is 0.105. The third-order valence-corrected chi connectivity index (χ3v) is 3.66. The summed E-state index contributed by atoms with van der Waals surface area (Å²) < 4.78 is 4.60. The van der Waals surface area contributed by atoms with Crippen LogP contribution < -0.4 is 0 Å². The minimum atomic E-state index is -0.300. The predicted molar refractivity (Wildman–Crippen MR) is 92.8 cm³/mol. The SMILES string of the molecule is CCCCCC(O)/C=C\C=C\CCCCCCCC(=O)OC. The average molecular weight is 310 g/mol. The van der Waals surface area contributed by atoms with Gasteiger partial charge in [0.05, 0.1) is 13.2 Å². The number of aliphatic hydroxyl groups is 1. The topological polar surface area (TPSA) is 46.5 Å². The van der Waals surface area contributed by atoms with Crippen molar-refractivity contribution in [3.05, 3.63) is 24.3 Å². The maximum absolute atomic E-state index is 10.9. The number of hydrogen-bond acceptors (Lipinski definition) is 3. The molecule has 1 unspecified atom stereocenters. The van der Waals surface area contributed by atoms with Crippen molar-refractivity contribution in [2.45, 2.75) is 83.7 Å². The van der Waals surface area contributed by atoms with Gasteiger partial charge in [-0.05, 0) is 25.7 Å². The highest BCUT2D eigenvalue weighted by atomic mass is 16.5. The van der Waals surface area contributed by atoms with Crippen LogP contribution in [0, 0.1) is 0 Å². The maximum atomic E-state index is 10.9. The van der Waals surface area contributed by atoms with E-state index in [9.17, 15) is 9.90 Å². The molecule has 0 heterocycles. The number of esters is 1. The van der Waals surface area contributed by atoms with E-state index in [2.05, 4.69) is 17.7 Å². The number of ether oxygens (including phenoxy) is 1. The minimum Gasteiger partial charge on any atom is -0.469 e. The van der Waals surface area contributed by atoms with E-state index in [-0.39, 0.29) is 12.1 Å². The van der Waals surface area contributed by atoms with Crippen molar-refractivity contribution in [3.8, 4) is 0 Å². The molecule has 128 valence electrons. The molecule has 0 aliphatic carbocycles. The fourth-order valence-corrected chi connectivity index (χ4v) is 2.23. The van der Waals surface area contributed by atoms with Crippen molar-refractivity contribution in [1.82, 2.24) is 0 Å². The number of carbonyl (C=O) groups is 1. The summed E-state index contributed by atoms with van der Waals surface area (Å²) in [6.45, 7) is 2.17. The van der Waals surface area contributed by atoms with E-state index in [1.807, 2.05) is 18.2 Å². The molecular weight excluding hydrogens is 276 g/mol. The maximum Gasteiger partial charge on any atom is 0.305 e. The highest BCUT2D eigenvalue weighted by Crippen LogP contribution is 2.08. The second-order valence-corrected chi connectivity index (χ2v) is 5.76. The molecule has 0 aliphatic rings. The molecule has 0 aromatic heterocycles. The molecule has 1 N–H and O–H groups in total. The first-order valence-electron chi connectivity index (χ1n) is 8.79. The predicted octanol–water partition coefficient (Wildman–Crippen LogP) is 4.94. The molecule has 0 aromatic rings. The molecule has 0 amide bonds. The second-order valence-electron chi connectivity index (χ2n) is 5.76. The second kappa shape index (κ2) is 16.3. The fraction of sp³-hybridized carbons (Fsp3) is 0.737. The summed E-state index contributed by atoms with van der Waals surface area (Å²) >= 11 is 0. The van der Waals surface area contributed by atoms with Crippen molar-refractivity contribution in [2.24, 2.45) is 0 Å². The summed E-state index contributed by atoms with van der Waals surface area (Å²) in [7, 11) is 1.44. The number of allylic oxidation sites excluding steroid dienone is 3. The quantitative estimate of drug-likeness (QED) is 0.281. The van der Waals surface area contributed by atoms with Gasteiger partial charge in [0.25, 0.3) is 0 Å². The van der Waals surface area contributed by atoms with Crippen LogP contribution in [-0.2, 0) is 9.53 Å². The molecule has 0 radical (unpaired) electrons. The molecule has 3 heteroatoms. The highest BCUT2D eigenvalue weighted by Gasteiger charge is 1.98. The van der Waals surface area contributed by atoms with Gasteiger partial charge in [-0.1, -0.05) is 69.8 Å². The molecule has 0 fully saturated rings. The normalized spacial score (nSPS) is 13.0. The van der Waals surface area contributed by atoms with Crippen LogP contribution in [0.3, 0.4) is 0 Å². The van der Waals surface area contributed by atoms with Gasteiger partial charge in [-0.15, -0.1) is 0 Å². The Morgan fingerprint density at radius 3 is 2.50 bits per heavy atom. The molecule has 0 spiro atoms. The van der Waals surface area contributed by atoms with Crippen LogP contribution in [0.4, 0.5) is 0 Å². The monoisotopic (exact) mass is 310 g/mol. The van der Waals surface area contributed by atoms with E-state index in [1.54, 1.807) is 0 Å². The lowest BCUT2D eigenvalue weighted by molar-refractivity contribution is -0.140. The number of methoxy groups -OCH3 is 1. The van der Waals surface area contributed by atoms with Crippen LogP contribution in [0.25, 0.3) is 0 Å². The summed E-state index contributed by atoms with van der Waals surface area (Å²) in [6, 6.07) is 0. The first kappa shape index (κ1) is 20.9. The summed E-state index contributed by atoms with van der Waals surface area (Å²) in [5.41, 5.74) is 0. The molecule has 1 atom stereocenters. The summed E-state index contributed by atoms with van der Waals surface area (Å²) in [6.07, 6.45) is 19.3. The summed E-state index contributed by atoms with van der Waals surface area (Å²) in [5, 5.41) is 9.70. The average Bonchev–Trinajstić information content (AvgIpc) is 2.52. The highest BCUT2D eigenvalue weighted by molar-refractivity contribution is 5.68. The van der Waals surface area contributed by atoms with Crippen molar-refractivity contribution in [2.75, 3.05) is 7.11 Å². The first-order valence-corrected chi connectivity index (χ1v) is 8.79. The third kappa shape index (κ3) is 15.3. The van der Waals surface area contributed by atoms with Gasteiger partial charge >= 0.3 is 5.97 Å². The van der Waals surface area contributed by atoms with E-state index >= 15 is 0 Å². The fourth-order valence-electron chi connectivity index (χ4n) is 2.23. The van der Waals surface area contributed by atoms with Crippen LogP contribution in [-0.4, -0.2) is 24.3 Å². The van der Waals surface area contributed by atoms with Crippen LogP contribution in [0.5, 0.6) is 0 Å². The number of carbonyl (C=O) groups excluding carboxylic acids is 1. The molecule has 0 saturated carbocycles. The summed E-state index contributed by atoms with van der Waals surface area (Å²) in [5.74, 6) is -0.105. The van der Waals surface area contributed by atoms with Crippen molar-refractivity contribution in [3.63, 3.8) is 0 Å². The number of unbranched alkanes of at least 4 members (excludes halogenated alkanes) is 7. The van der Waals surface area contributed by atoms with Crippen molar-refractivity contribution in [1.29, 1.82) is 0 Å². The third-order valence-electron chi connectivity index (χ3n) is 3.66. The molecule has 0 aromatic carbocycles. The molecular formula is C19H34O3. The lowest BCUT2D eigenvalue weighted by Gasteiger charge is -2.03. The van der Waals surface area contributed by atoms with E-state index in [4.69, 9.17) is 0 Å². The van der Waals surface area contributed by atoms with E-state index in [0.717, 1.165) is 32.1 Å².